The van der Waals surface area contributed by atoms with Gasteiger partial charge in [-0.2, -0.15) is 0 Å². The standard InChI is InChI=1S/C48H33N3O/c1-48-29-11-10-18-42(48)52-41-28-27-40(34-21-19-32(20-22-34)31-12-4-2-5-13-31)43(44(41)48)47-50-45(35-15-6-3-7-16-35)49-46(51-47)37-25-26-39-36(30-37)24-23-33-14-8-9-17-38(33)39/h2-30,42H,1H3. The van der Waals surface area contributed by atoms with Gasteiger partial charge in [0.15, 0.2) is 17.5 Å². The number of aromatic nitrogens is 3. The third-order valence-corrected chi connectivity index (χ3v) is 10.6. The first-order chi connectivity index (χ1) is 25.6. The Kier molecular flexibility index (Phi) is 6.97. The van der Waals surface area contributed by atoms with Crippen LogP contribution in [-0.4, -0.2) is 21.1 Å². The fourth-order valence-corrected chi connectivity index (χ4v) is 7.89. The number of nitrogens with zero attached hydrogens (tertiary/aromatic N) is 3. The van der Waals surface area contributed by atoms with Crippen LogP contribution in [-0.2, 0) is 5.41 Å². The van der Waals surface area contributed by atoms with Crippen molar-refractivity contribution in [2.75, 3.05) is 0 Å². The quantitative estimate of drug-likeness (QED) is 0.171. The summed E-state index contributed by atoms with van der Waals surface area (Å²) >= 11 is 0. The molecule has 0 bridgehead atoms. The zero-order chi connectivity index (χ0) is 34.6. The largest absolute Gasteiger partial charge is 0.485 e. The summed E-state index contributed by atoms with van der Waals surface area (Å²) in [5.41, 5.74) is 7.99. The van der Waals surface area contributed by atoms with Crippen molar-refractivity contribution in [2.45, 2.75) is 18.4 Å². The van der Waals surface area contributed by atoms with Crippen LogP contribution in [0.25, 0.3) is 78.0 Å². The molecule has 1 aliphatic heterocycles. The predicted molar refractivity (Wildman–Crippen MR) is 212 cm³/mol. The van der Waals surface area contributed by atoms with Gasteiger partial charge in [-0.1, -0.05) is 152 Å². The van der Waals surface area contributed by atoms with Gasteiger partial charge in [0.05, 0.1) is 5.41 Å². The molecule has 1 aliphatic carbocycles. The van der Waals surface area contributed by atoms with Crippen LogP contribution in [0.15, 0.2) is 176 Å². The third kappa shape index (κ3) is 4.95. The fourth-order valence-electron chi connectivity index (χ4n) is 7.89. The summed E-state index contributed by atoms with van der Waals surface area (Å²) in [7, 11) is 0. The lowest BCUT2D eigenvalue weighted by atomic mass is 9.73. The van der Waals surface area contributed by atoms with Gasteiger partial charge in [-0.25, -0.2) is 15.0 Å². The zero-order valence-electron chi connectivity index (χ0n) is 28.6. The van der Waals surface area contributed by atoms with Crippen molar-refractivity contribution >= 4 is 21.5 Å². The summed E-state index contributed by atoms with van der Waals surface area (Å²) in [6.45, 7) is 2.25. The molecule has 0 saturated carbocycles. The van der Waals surface area contributed by atoms with E-state index in [-0.39, 0.29) is 6.10 Å². The van der Waals surface area contributed by atoms with Gasteiger partial charge in [-0.15, -0.1) is 0 Å². The molecule has 0 amide bonds. The van der Waals surface area contributed by atoms with Crippen LogP contribution in [0.3, 0.4) is 0 Å². The lowest BCUT2D eigenvalue weighted by Gasteiger charge is -2.29. The van der Waals surface area contributed by atoms with E-state index in [1.54, 1.807) is 0 Å². The number of hydrogen-bond donors (Lipinski definition) is 0. The van der Waals surface area contributed by atoms with Crippen LogP contribution in [0.5, 0.6) is 5.75 Å². The first kappa shape index (κ1) is 30.2. The van der Waals surface area contributed by atoms with E-state index in [0.717, 1.165) is 44.5 Å². The molecule has 2 unspecified atom stereocenters. The monoisotopic (exact) mass is 667 g/mol. The molecule has 7 aromatic carbocycles. The van der Waals surface area contributed by atoms with E-state index in [9.17, 15) is 0 Å². The number of benzene rings is 7. The summed E-state index contributed by atoms with van der Waals surface area (Å²) in [4.78, 5) is 15.8. The first-order valence-corrected chi connectivity index (χ1v) is 17.7. The number of rotatable bonds is 5. The maximum Gasteiger partial charge on any atom is 0.165 e. The molecule has 4 nitrogen and oxygen atoms in total. The van der Waals surface area contributed by atoms with Gasteiger partial charge >= 0.3 is 0 Å². The number of allylic oxidation sites excluding steroid dienone is 2. The smallest absolute Gasteiger partial charge is 0.165 e. The van der Waals surface area contributed by atoms with E-state index in [2.05, 4.69) is 159 Å². The molecular formula is C48H33N3O. The van der Waals surface area contributed by atoms with Crippen molar-refractivity contribution in [3.63, 3.8) is 0 Å². The van der Waals surface area contributed by atoms with E-state index >= 15 is 0 Å². The highest BCUT2D eigenvalue weighted by molar-refractivity contribution is 6.08. The predicted octanol–water partition coefficient (Wildman–Crippen LogP) is 11.7. The van der Waals surface area contributed by atoms with Crippen molar-refractivity contribution in [1.29, 1.82) is 0 Å². The van der Waals surface area contributed by atoms with Crippen LogP contribution in [0, 0.1) is 0 Å². The topological polar surface area (TPSA) is 47.9 Å². The van der Waals surface area contributed by atoms with E-state index in [1.165, 1.54) is 27.3 Å². The molecule has 1 aromatic heterocycles. The normalized spacial score (nSPS) is 17.2. The van der Waals surface area contributed by atoms with Crippen LogP contribution < -0.4 is 4.74 Å². The number of ether oxygens (including phenoxy) is 1. The second-order valence-electron chi connectivity index (χ2n) is 13.8. The first-order valence-electron chi connectivity index (χ1n) is 17.7. The molecule has 0 spiro atoms. The van der Waals surface area contributed by atoms with E-state index in [1.807, 2.05) is 24.3 Å². The molecule has 0 saturated heterocycles. The summed E-state index contributed by atoms with van der Waals surface area (Å²) in [5.74, 6) is 2.72. The Bertz CT molecular complexity index is 2720. The Balaban J connectivity index is 1.21. The highest BCUT2D eigenvalue weighted by atomic mass is 16.5. The minimum atomic E-state index is -0.414. The highest BCUT2D eigenvalue weighted by Gasteiger charge is 2.46. The van der Waals surface area contributed by atoms with Gasteiger partial charge in [0.25, 0.3) is 0 Å². The van der Waals surface area contributed by atoms with Gasteiger partial charge in [0.2, 0.25) is 0 Å². The van der Waals surface area contributed by atoms with Gasteiger partial charge < -0.3 is 4.74 Å². The van der Waals surface area contributed by atoms with Crippen molar-refractivity contribution in [3.8, 4) is 62.2 Å². The molecule has 246 valence electrons. The van der Waals surface area contributed by atoms with Gasteiger partial charge in [-0.3, -0.25) is 0 Å². The van der Waals surface area contributed by atoms with Crippen LogP contribution in [0.1, 0.15) is 12.5 Å². The maximum absolute atomic E-state index is 6.65. The molecular weight excluding hydrogens is 635 g/mol. The van der Waals surface area contributed by atoms with Gasteiger partial charge in [0.1, 0.15) is 11.9 Å². The lowest BCUT2D eigenvalue weighted by Crippen LogP contribution is -2.33. The van der Waals surface area contributed by atoms with Crippen molar-refractivity contribution < 1.29 is 4.74 Å². The van der Waals surface area contributed by atoms with E-state index < -0.39 is 5.41 Å². The van der Waals surface area contributed by atoms with Crippen LogP contribution in [0.2, 0.25) is 0 Å². The second-order valence-corrected chi connectivity index (χ2v) is 13.8. The minimum absolute atomic E-state index is 0.132. The molecule has 0 N–H and O–H groups in total. The zero-order valence-corrected chi connectivity index (χ0v) is 28.6. The third-order valence-electron chi connectivity index (χ3n) is 10.6. The lowest BCUT2D eigenvalue weighted by molar-refractivity contribution is 0.228. The number of fused-ring (bicyclic) bond motifs is 6. The Morgan fingerprint density at radius 3 is 1.92 bits per heavy atom. The Morgan fingerprint density at radius 1 is 0.500 bits per heavy atom. The van der Waals surface area contributed by atoms with E-state index in [0.29, 0.717) is 17.5 Å². The van der Waals surface area contributed by atoms with Gasteiger partial charge in [-0.05, 0) is 75.0 Å². The van der Waals surface area contributed by atoms with Crippen molar-refractivity contribution in [3.05, 3.63) is 182 Å². The second kappa shape index (κ2) is 12.0. The summed E-state index contributed by atoms with van der Waals surface area (Å²) in [5, 5.41) is 4.80. The fraction of sp³-hybridized carbons (Fsp3) is 0.0625. The Hall–Kier alpha value is -6.65. The molecule has 2 aliphatic rings. The summed E-state index contributed by atoms with van der Waals surface area (Å²) < 4.78 is 6.65. The SMILES string of the molecule is CC12C=CC=CC1Oc1ccc(-c3ccc(-c4ccccc4)cc3)c(-c3nc(-c4ccccc4)nc(-c4ccc5c(ccc6ccccc65)c4)n3)c12. The molecule has 2 heterocycles. The number of hydrogen-bond acceptors (Lipinski definition) is 4. The molecule has 8 aromatic rings. The van der Waals surface area contributed by atoms with Crippen molar-refractivity contribution in [2.24, 2.45) is 0 Å². The highest BCUT2D eigenvalue weighted by Crippen LogP contribution is 2.53. The maximum atomic E-state index is 6.65. The minimum Gasteiger partial charge on any atom is -0.485 e. The van der Waals surface area contributed by atoms with Gasteiger partial charge in [0, 0.05) is 22.3 Å². The van der Waals surface area contributed by atoms with E-state index in [4.69, 9.17) is 19.7 Å². The van der Waals surface area contributed by atoms with Crippen LogP contribution >= 0.6 is 0 Å². The average Bonchev–Trinajstić information content (AvgIpc) is 3.53. The molecule has 52 heavy (non-hydrogen) atoms. The summed E-state index contributed by atoms with van der Waals surface area (Å²) in [6, 6.07) is 53.1. The molecule has 10 rings (SSSR count). The molecule has 2 atom stereocenters. The van der Waals surface area contributed by atoms with Crippen LogP contribution in [0.4, 0.5) is 0 Å². The summed E-state index contributed by atoms with van der Waals surface area (Å²) in [6.07, 6.45) is 8.45. The molecule has 4 heteroatoms. The molecule has 0 fully saturated rings. The Labute approximate surface area is 302 Å². The molecule has 0 radical (unpaired) electrons. The average molecular weight is 668 g/mol. The Morgan fingerprint density at radius 2 is 1.12 bits per heavy atom. The van der Waals surface area contributed by atoms with Crippen molar-refractivity contribution in [1.82, 2.24) is 15.0 Å².